The van der Waals surface area contributed by atoms with Gasteiger partial charge in [-0.2, -0.15) is 0 Å². The third-order valence-corrected chi connectivity index (χ3v) is 3.24. The molecule has 2 N–H and O–H groups in total. The van der Waals surface area contributed by atoms with Gasteiger partial charge in [-0.05, 0) is 18.2 Å². The summed E-state index contributed by atoms with van der Waals surface area (Å²) in [5.74, 6) is -0.515. The van der Waals surface area contributed by atoms with Crippen molar-refractivity contribution < 1.29 is 9.53 Å². The van der Waals surface area contributed by atoms with Crippen molar-refractivity contribution in [1.82, 2.24) is 15.0 Å². The number of methoxy groups -OCH3 is 1. The summed E-state index contributed by atoms with van der Waals surface area (Å²) in [6.45, 7) is 0.818. The van der Waals surface area contributed by atoms with Crippen molar-refractivity contribution in [2.45, 2.75) is 13.0 Å². The van der Waals surface area contributed by atoms with Gasteiger partial charge in [0.15, 0.2) is 5.69 Å². The van der Waals surface area contributed by atoms with Crippen molar-refractivity contribution in [3.05, 3.63) is 46.2 Å². The lowest BCUT2D eigenvalue weighted by atomic mass is 10.2. The minimum atomic E-state index is -0.515. The molecule has 0 amide bonds. The topological polar surface area (TPSA) is 83.0 Å². The highest BCUT2D eigenvalue weighted by atomic mass is 35.5. The molecule has 0 radical (unpaired) electrons. The molecule has 0 fully saturated rings. The first-order valence-corrected chi connectivity index (χ1v) is 6.49. The maximum absolute atomic E-state index is 11.6. The highest BCUT2D eigenvalue weighted by Gasteiger charge is 2.20. The Morgan fingerprint density at radius 2 is 2.20 bits per heavy atom. The third-order valence-electron chi connectivity index (χ3n) is 2.88. The van der Waals surface area contributed by atoms with Crippen LogP contribution in [0.1, 0.15) is 21.7 Å². The Labute approximate surface area is 121 Å². The van der Waals surface area contributed by atoms with E-state index in [1.165, 1.54) is 7.11 Å². The second-order valence-corrected chi connectivity index (χ2v) is 4.57. The minimum Gasteiger partial charge on any atom is -0.464 e. The fraction of sp³-hybridized carbons (Fsp3) is 0.308. The van der Waals surface area contributed by atoms with Crippen LogP contribution in [0.4, 0.5) is 0 Å². The van der Waals surface area contributed by atoms with Gasteiger partial charge in [0.25, 0.3) is 0 Å². The van der Waals surface area contributed by atoms with Gasteiger partial charge in [0.1, 0.15) is 0 Å². The van der Waals surface area contributed by atoms with Gasteiger partial charge < -0.3 is 10.5 Å². The van der Waals surface area contributed by atoms with Crippen LogP contribution in [0.2, 0.25) is 5.02 Å². The lowest BCUT2D eigenvalue weighted by molar-refractivity contribution is 0.0592. The molecule has 0 aliphatic carbocycles. The number of esters is 1. The number of rotatable bonds is 5. The summed E-state index contributed by atoms with van der Waals surface area (Å²) in [4.78, 5) is 11.6. The zero-order valence-corrected chi connectivity index (χ0v) is 11.8. The maximum atomic E-state index is 11.6. The molecule has 106 valence electrons. The van der Waals surface area contributed by atoms with Crippen molar-refractivity contribution in [3.8, 4) is 0 Å². The van der Waals surface area contributed by atoms with Gasteiger partial charge in [-0.1, -0.05) is 35.0 Å². The van der Waals surface area contributed by atoms with Crippen LogP contribution in [0.5, 0.6) is 0 Å². The molecular formula is C13H15ClN4O2. The third kappa shape index (κ3) is 2.97. The van der Waals surface area contributed by atoms with Crippen LogP contribution in [0.25, 0.3) is 0 Å². The van der Waals surface area contributed by atoms with Gasteiger partial charge in [-0.3, -0.25) is 0 Å². The predicted octanol–water partition coefficient (Wildman–Crippen LogP) is 1.27. The largest absolute Gasteiger partial charge is 0.464 e. The molecule has 0 unspecified atom stereocenters. The number of hydrogen-bond acceptors (Lipinski definition) is 5. The van der Waals surface area contributed by atoms with Gasteiger partial charge in [-0.15, -0.1) is 5.10 Å². The Balaban J connectivity index is 2.34. The summed E-state index contributed by atoms with van der Waals surface area (Å²) in [5.41, 5.74) is 7.32. The van der Waals surface area contributed by atoms with E-state index in [0.29, 0.717) is 30.2 Å². The summed E-state index contributed by atoms with van der Waals surface area (Å²) < 4.78 is 6.31. The van der Waals surface area contributed by atoms with Gasteiger partial charge >= 0.3 is 5.97 Å². The number of hydrogen-bond donors (Lipinski definition) is 1. The second kappa shape index (κ2) is 6.49. The smallest absolute Gasteiger partial charge is 0.360 e. The number of halogens is 1. The molecule has 0 spiro atoms. The van der Waals surface area contributed by atoms with Crippen LogP contribution in [0.15, 0.2) is 24.3 Å². The van der Waals surface area contributed by atoms with E-state index in [0.717, 1.165) is 5.56 Å². The molecule has 6 nitrogen and oxygen atoms in total. The van der Waals surface area contributed by atoms with Gasteiger partial charge in [0.2, 0.25) is 0 Å². The first kappa shape index (κ1) is 14.5. The summed E-state index contributed by atoms with van der Waals surface area (Å²) in [6.07, 6.45) is 0.488. The first-order chi connectivity index (χ1) is 9.67. The van der Waals surface area contributed by atoms with Crippen LogP contribution >= 0.6 is 11.6 Å². The SMILES string of the molecule is COC(=O)c1nnn(Cc2ccccc2Cl)c1CCN. The van der Waals surface area contributed by atoms with Crippen molar-refractivity contribution in [3.63, 3.8) is 0 Å². The van der Waals surface area contributed by atoms with Crippen LogP contribution in [0, 0.1) is 0 Å². The molecular weight excluding hydrogens is 280 g/mol. The molecule has 1 heterocycles. The number of carbonyl (C=O) groups excluding carboxylic acids is 1. The Morgan fingerprint density at radius 1 is 1.45 bits per heavy atom. The fourth-order valence-electron chi connectivity index (χ4n) is 1.89. The van der Waals surface area contributed by atoms with E-state index in [1.807, 2.05) is 18.2 Å². The zero-order valence-electron chi connectivity index (χ0n) is 11.0. The standard InChI is InChI=1S/C13H15ClN4O2/c1-20-13(19)12-11(6-7-15)18(17-16-12)8-9-4-2-3-5-10(9)14/h2-5H,6-8,15H2,1H3. The lowest BCUT2D eigenvalue weighted by Gasteiger charge is -2.08. The van der Waals surface area contributed by atoms with Crippen molar-refractivity contribution in [2.75, 3.05) is 13.7 Å². The highest BCUT2D eigenvalue weighted by Crippen LogP contribution is 2.17. The average Bonchev–Trinajstić information content (AvgIpc) is 2.84. The quantitative estimate of drug-likeness (QED) is 0.840. The van der Waals surface area contributed by atoms with E-state index in [9.17, 15) is 4.79 Å². The number of benzene rings is 1. The Morgan fingerprint density at radius 3 is 2.85 bits per heavy atom. The number of nitrogens with two attached hydrogens (primary N) is 1. The molecule has 0 aliphatic rings. The van der Waals surface area contributed by atoms with E-state index >= 15 is 0 Å². The molecule has 0 bridgehead atoms. The Hall–Kier alpha value is -1.92. The second-order valence-electron chi connectivity index (χ2n) is 4.16. The predicted molar refractivity (Wildman–Crippen MR) is 74.7 cm³/mol. The Kier molecular flexibility index (Phi) is 4.70. The summed E-state index contributed by atoms with van der Waals surface area (Å²) in [5, 5.41) is 8.50. The number of aromatic nitrogens is 3. The van der Waals surface area contributed by atoms with Gasteiger partial charge in [0, 0.05) is 11.4 Å². The van der Waals surface area contributed by atoms with Gasteiger partial charge in [0.05, 0.1) is 19.3 Å². The summed E-state index contributed by atoms with van der Waals surface area (Å²) in [7, 11) is 1.31. The molecule has 0 saturated carbocycles. The zero-order chi connectivity index (χ0) is 14.5. The maximum Gasteiger partial charge on any atom is 0.360 e. The molecule has 1 aromatic heterocycles. The molecule has 2 aromatic rings. The van der Waals surface area contributed by atoms with E-state index in [4.69, 9.17) is 17.3 Å². The van der Waals surface area contributed by atoms with E-state index in [1.54, 1.807) is 10.7 Å². The van der Waals surface area contributed by atoms with Crippen molar-refractivity contribution >= 4 is 17.6 Å². The Bertz CT molecular complexity index is 612. The van der Waals surface area contributed by atoms with Crippen LogP contribution in [-0.4, -0.2) is 34.6 Å². The summed E-state index contributed by atoms with van der Waals surface area (Å²) >= 11 is 6.12. The van der Waals surface area contributed by atoms with Crippen molar-refractivity contribution in [1.29, 1.82) is 0 Å². The number of carbonyl (C=O) groups is 1. The monoisotopic (exact) mass is 294 g/mol. The minimum absolute atomic E-state index is 0.199. The van der Waals surface area contributed by atoms with Crippen molar-refractivity contribution in [2.24, 2.45) is 5.73 Å². The van der Waals surface area contributed by atoms with Gasteiger partial charge in [-0.25, -0.2) is 9.48 Å². The molecule has 0 aliphatic heterocycles. The number of nitrogens with zero attached hydrogens (tertiary/aromatic N) is 3. The van der Waals surface area contributed by atoms with E-state index in [-0.39, 0.29) is 5.69 Å². The summed E-state index contributed by atoms with van der Waals surface area (Å²) in [6, 6.07) is 7.45. The fourth-order valence-corrected chi connectivity index (χ4v) is 2.08. The molecule has 20 heavy (non-hydrogen) atoms. The molecule has 2 rings (SSSR count). The molecule has 7 heteroatoms. The molecule has 1 aromatic carbocycles. The van der Waals surface area contributed by atoms with Crippen LogP contribution in [0.3, 0.4) is 0 Å². The number of ether oxygens (including phenoxy) is 1. The van der Waals surface area contributed by atoms with E-state index in [2.05, 4.69) is 15.0 Å². The van der Waals surface area contributed by atoms with Crippen LogP contribution in [-0.2, 0) is 17.7 Å². The lowest BCUT2D eigenvalue weighted by Crippen LogP contribution is -2.15. The first-order valence-electron chi connectivity index (χ1n) is 6.11. The molecule has 0 saturated heterocycles. The normalized spacial score (nSPS) is 10.6. The average molecular weight is 295 g/mol. The van der Waals surface area contributed by atoms with Crippen LogP contribution < -0.4 is 5.73 Å². The highest BCUT2D eigenvalue weighted by molar-refractivity contribution is 6.31. The van der Waals surface area contributed by atoms with E-state index < -0.39 is 5.97 Å². The molecule has 0 atom stereocenters.